The largest absolute Gasteiger partial charge is 0.329 e. The highest BCUT2D eigenvalue weighted by Gasteiger charge is 2.20. The SMILES string of the molecule is CCCN(CC(=O)Nc1ccc(F)c(F)c1F)C(=O)c1cccc(C#N)c1. The average Bonchev–Trinajstić information content (AvgIpc) is 2.67. The molecule has 0 unspecified atom stereocenters. The minimum Gasteiger partial charge on any atom is -0.329 e. The number of carbonyl (C=O) groups is 2. The quantitative estimate of drug-likeness (QED) is 0.786. The van der Waals surface area contributed by atoms with Crippen LogP contribution in [0.4, 0.5) is 18.9 Å². The molecular formula is C19H16F3N3O2. The minimum absolute atomic E-state index is 0.231. The van der Waals surface area contributed by atoms with Crippen molar-refractivity contribution in [3.8, 4) is 6.07 Å². The van der Waals surface area contributed by atoms with Crippen LogP contribution in [0.15, 0.2) is 36.4 Å². The Labute approximate surface area is 154 Å². The van der Waals surface area contributed by atoms with Gasteiger partial charge in [-0.1, -0.05) is 13.0 Å². The Kier molecular flexibility index (Phi) is 6.55. The van der Waals surface area contributed by atoms with Crippen LogP contribution in [0, 0.1) is 28.8 Å². The number of hydrogen-bond acceptors (Lipinski definition) is 3. The van der Waals surface area contributed by atoms with Crippen molar-refractivity contribution >= 4 is 17.5 Å². The van der Waals surface area contributed by atoms with E-state index in [4.69, 9.17) is 5.26 Å². The lowest BCUT2D eigenvalue weighted by Gasteiger charge is -2.22. The number of nitrogens with zero attached hydrogens (tertiary/aromatic N) is 2. The van der Waals surface area contributed by atoms with E-state index < -0.39 is 41.5 Å². The number of carbonyl (C=O) groups excluding carboxylic acids is 2. The Morgan fingerprint density at radius 2 is 1.89 bits per heavy atom. The fourth-order valence-electron chi connectivity index (χ4n) is 2.41. The van der Waals surface area contributed by atoms with Gasteiger partial charge in [0.05, 0.1) is 17.3 Å². The van der Waals surface area contributed by atoms with E-state index in [1.807, 2.05) is 6.07 Å². The third kappa shape index (κ3) is 4.85. The third-order valence-corrected chi connectivity index (χ3v) is 3.66. The second-order valence-electron chi connectivity index (χ2n) is 5.69. The van der Waals surface area contributed by atoms with Gasteiger partial charge in [-0.05, 0) is 36.8 Å². The molecule has 0 aliphatic carbocycles. The van der Waals surface area contributed by atoms with Crippen LogP contribution in [0.1, 0.15) is 29.3 Å². The lowest BCUT2D eigenvalue weighted by Crippen LogP contribution is -2.38. The van der Waals surface area contributed by atoms with Gasteiger partial charge in [-0.2, -0.15) is 5.26 Å². The molecule has 0 aliphatic rings. The Bertz CT molecular complexity index is 910. The normalized spacial score (nSPS) is 10.2. The molecule has 27 heavy (non-hydrogen) atoms. The fraction of sp³-hybridized carbons (Fsp3) is 0.211. The molecule has 0 heterocycles. The van der Waals surface area contributed by atoms with Crippen molar-refractivity contribution in [2.24, 2.45) is 0 Å². The number of rotatable bonds is 6. The van der Waals surface area contributed by atoms with Crippen LogP contribution in [-0.4, -0.2) is 29.8 Å². The summed E-state index contributed by atoms with van der Waals surface area (Å²) in [6.45, 7) is 1.63. The van der Waals surface area contributed by atoms with Crippen LogP contribution in [0.3, 0.4) is 0 Å². The second-order valence-corrected chi connectivity index (χ2v) is 5.69. The molecule has 0 bridgehead atoms. The topological polar surface area (TPSA) is 73.2 Å². The molecule has 140 valence electrons. The summed E-state index contributed by atoms with van der Waals surface area (Å²) in [5.41, 5.74) is 0.00851. The number of nitrogens with one attached hydrogen (secondary N) is 1. The van der Waals surface area contributed by atoms with Gasteiger partial charge in [-0.15, -0.1) is 0 Å². The highest BCUT2D eigenvalue weighted by atomic mass is 19.2. The highest BCUT2D eigenvalue weighted by Crippen LogP contribution is 2.19. The number of halogens is 3. The maximum atomic E-state index is 13.7. The molecule has 0 aromatic heterocycles. The molecule has 2 amide bonds. The van der Waals surface area contributed by atoms with Crippen LogP contribution in [0.25, 0.3) is 0 Å². The van der Waals surface area contributed by atoms with E-state index in [9.17, 15) is 22.8 Å². The summed E-state index contributed by atoms with van der Waals surface area (Å²) in [7, 11) is 0. The Morgan fingerprint density at radius 1 is 1.15 bits per heavy atom. The summed E-state index contributed by atoms with van der Waals surface area (Å²) in [6.07, 6.45) is 0.552. The predicted molar refractivity (Wildman–Crippen MR) is 92.3 cm³/mol. The van der Waals surface area contributed by atoms with Crippen LogP contribution in [-0.2, 0) is 4.79 Å². The molecular weight excluding hydrogens is 359 g/mol. The molecule has 0 aliphatic heterocycles. The third-order valence-electron chi connectivity index (χ3n) is 3.66. The van der Waals surface area contributed by atoms with Gasteiger partial charge in [0.25, 0.3) is 5.91 Å². The molecule has 0 spiro atoms. The second kappa shape index (κ2) is 8.85. The summed E-state index contributed by atoms with van der Waals surface area (Å²) >= 11 is 0. The van der Waals surface area contributed by atoms with E-state index in [0.717, 1.165) is 6.07 Å². The van der Waals surface area contributed by atoms with Crippen LogP contribution >= 0.6 is 0 Å². The molecule has 0 atom stereocenters. The summed E-state index contributed by atoms with van der Waals surface area (Å²) in [4.78, 5) is 26.0. The number of hydrogen-bond donors (Lipinski definition) is 1. The van der Waals surface area contributed by atoms with E-state index in [1.54, 1.807) is 19.1 Å². The van der Waals surface area contributed by atoms with E-state index in [2.05, 4.69) is 5.32 Å². The Morgan fingerprint density at radius 3 is 2.56 bits per heavy atom. The maximum Gasteiger partial charge on any atom is 0.254 e. The smallest absolute Gasteiger partial charge is 0.254 e. The molecule has 2 rings (SSSR count). The van der Waals surface area contributed by atoms with E-state index in [-0.39, 0.29) is 12.1 Å². The van der Waals surface area contributed by atoms with Gasteiger partial charge >= 0.3 is 0 Å². The van der Waals surface area contributed by atoms with E-state index in [0.29, 0.717) is 18.1 Å². The van der Waals surface area contributed by atoms with Gasteiger partial charge in [0, 0.05) is 12.1 Å². The molecule has 2 aromatic rings. The first-order chi connectivity index (χ1) is 12.9. The lowest BCUT2D eigenvalue weighted by molar-refractivity contribution is -0.116. The first kappa shape index (κ1) is 20.0. The summed E-state index contributed by atoms with van der Waals surface area (Å²) in [6, 6.07) is 9.52. The highest BCUT2D eigenvalue weighted by molar-refractivity contribution is 5.99. The minimum atomic E-state index is -1.69. The molecule has 0 saturated carbocycles. The first-order valence-electron chi connectivity index (χ1n) is 8.10. The van der Waals surface area contributed by atoms with Gasteiger partial charge in [0.15, 0.2) is 17.5 Å². The molecule has 1 N–H and O–H groups in total. The van der Waals surface area contributed by atoms with Crippen molar-refractivity contribution in [1.29, 1.82) is 5.26 Å². The van der Waals surface area contributed by atoms with Crippen molar-refractivity contribution in [3.05, 3.63) is 65.0 Å². The van der Waals surface area contributed by atoms with E-state index >= 15 is 0 Å². The van der Waals surface area contributed by atoms with Gasteiger partial charge in [-0.3, -0.25) is 9.59 Å². The van der Waals surface area contributed by atoms with Crippen molar-refractivity contribution in [3.63, 3.8) is 0 Å². The van der Waals surface area contributed by atoms with Gasteiger partial charge in [0.2, 0.25) is 5.91 Å². The lowest BCUT2D eigenvalue weighted by atomic mass is 10.1. The monoisotopic (exact) mass is 375 g/mol. The molecule has 5 nitrogen and oxygen atoms in total. The standard InChI is InChI=1S/C19H16F3N3O2/c1-2-8-25(19(27)13-5-3-4-12(9-13)10-23)11-16(26)24-15-7-6-14(20)17(21)18(15)22/h3-7,9H,2,8,11H2,1H3,(H,24,26). The molecule has 0 saturated heterocycles. The van der Waals surface area contributed by atoms with Gasteiger partial charge in [0.1, 0.15) is 6.54 Å². The van der Waals surface area contributed by atoms with Crippen molar-refractivity contribution < 1.29 is 22.8 Å². The van der Waals surface area contributed by atoms with Crippen LogP contribution in [0.5, 0.6) is 0 Å². The van der Waals surface area contributed by atoms with E-state index in [1.165, 1.54) is 17.0 Å². The average molecular weight is 375 g/mol. The van der Waals surface area contributed by atoms with Gasteiger partial charge < -0.3 is 10.2 Å². The molecule has 2 aromatic carbocycles. The van der Waals surface area contributed by atoms with Gasteiger partial charge in [-0.25, -0.2) is 13.2 Å². The summed E-state index contributed by atoms with van der Waals surface area (Å²) in [5, 5.41) is 11.1. The summed E-state index contributed by atoms with van der Waals surface area (Å²) in [5.74, 6) is -5.82. The van der Waals surface area contributed by atoms with Crippen molar-refractivity contribution in [1.82, 2.24) is 4.90 Å². The molecule has 0 radical (unpaired) electrons. The fourth-order valence-corrected chi connectivity index (χ4v) is 2.41. The number of amides is 2. The predicted octanol–water partition coefficient (Wildman–Crippen LogP) is 3.47. The van der Waals surface area contributed by atoms with Crippen LogP contribution in [0.2, 0.25) is 0 Å². The molecule has 8 heteroatoms. The number of nitriles is 1. The Balaban J connectivity index is 2.15. The molecule has 0 fully saturated rings. The zero-order chi connectivity index (χ0) is 20.0. The number of anilines is 1. The summed E-state index contributed by atoms with van der Waals surface area (Å²) < 4.78 is 39.9. The maximum absolute atomic E-state index is 13.7. The zero-order valence-electron chi connectivity index (χ0n) is 14.4. The number of benzene rings is 2. The van der Waals surface area contributed by atoms with Crippen molar-refractivity contribution in [2.45, 2.75) is 13.3 Å². The van der Waals surface area contributed by atoms with Crippen molar-refractivity contribution in [2.75, 3.05) is 18.4 Å². The van der Waals surface area contributed by atoms with Crippen LogP contribution < -0.4 is 5.32 Å². The Hall–Kier alpha value is -3.34. The zero-order valence-corrected chi connectivity index (χ0v) is 14.4. The first-order valence-corrected chi connectivity index (χ1v) is 8.10.